The second-order valence-corrected chi connectivity index (χ2v) is 5.60. The second-order valence-electron chi connectivity index (χ2n) is 5.60. The number of aromatic nitrogens is 2. The molecule has 1 aliphatic carbocycles. The van der Waals surface area contributed by atoms with Gasteiger partial charge in [-0.15, -0.1) is 0 Å². The summed E-state index contributed by atoms with van der Waals surface area (Å²) in [5, 5.41) is 10.3. The van der Waals surface area contributed by atoms with Gasteiger partial charge in [0, 0.05) is 32.4 Å². The van der Waals surface area contributed by atoms with E-state index < -0.39 is 0 Å². The Morgan fingerprint density at radius 1 is 1.47 bits per heavy atom. The second kappa shape index (κ2) is 4.10. The number of rotatable bonds is 5. The van der Waals surface area contributed by atoms with E-state index in [2.05, 4.69) is 21.4 Å². The number of aryl methyl sites for hydroxylation is 1. The van der Waals surface area contributed by atoms with Gasteiger partial charge in [0.1, 0.15) is 0 Å². The van der Waals surface area contributed by atoms with Gasteiger partial charge in [-0.25, -0.2) is 4.98 Å². The van der Waals surface area contributed by atoms with Crippen molar-refractivity contribution in [3.63, 3.8) is 0 Å². The fourth-order valence-electron chi connectivity index (χ4n) is 2.87. The lowest BCUT2D eigenvalue weighted by atomic mass is 9.89. The third-order valence-electron chi connectivity index (χ3n) is 3.98. The SMILES string of the molecule is CCCn1cncc1CN1CC(O)(C2CC2)C1. The molecular formula is C13H21N3O. The predicted molar refractivity (Wildman–Crippen MR) is 65.5 cm³/mol. The molecule has 4 nitrogen and oxygen atoms in total. The molecule has 1 N–H and O–H groups in total. The Balaban J connectivity index is 1.56. The zero-order valence-electron chi connectivity index (χ0n) is 10.5. The van der Waals surface area contributed by atoms with Gasteiger partial charge in [-0.1, -0.05) is 6.92 Å². The molecule has 2 fully saturated rings. The third-order valence-corrected chi connectivity index (χ3v) is 3.98. The number of aliphatic hydroxyl groups is 1. The lowest BCUT2D eigenvalue weighted by Gasteiger charge is -2.47. The van der Waals surface area contributed by atoms with Crippen LogP contribution in [0.3, 0.4) is 0 Å². The topological polar surface area (TPSA) is 41.3 Å². The van der Waals surface area contributed by atoms with Crippen molar-refractivity contribution in [2.75, 3.05) is 13.1 Å². The molecule has 2 heterocycles. The van der Waals surface area contributed by atoms with E-state index in [9.17, 15) is 5.11 Å². The van der Waals surface area contributed by atoms with E-state index in [-0.39, 0.29) is 5.60 Å². The maximum absolute atomic E-state index is 10.3. The van der Waals surface area contributed by atoms with Crippen LogP contribution in [0.5, 0.6) is 0 Å². The van der Waals surface area contributed by atoms with E-state index >= 15 is 0 Å². The first-order chi connectivity index (χ1) is 8.21. The smallest absolute Gasteiger partial charge is 0.0948 e. The van der Waals surface area contributed by atoms with Gasteiger partial charge < -0.3 is 9.67 Å². The average Bonchev–Trinajstić information content (AvgIpc) is 3.02. The van der Waals surface area contributed by atoms with E-state index in [0.29, 0.717) is 5.92 Å². The zero-order chi connectivity index (χ0) is 11.9. The first-order valence-electron chi connectivity index (χ1n) is 6.65. The fraction of sp³-hybridized carbons (Fsp3) is 0.769. The third kappa shape index (κ3) is 2.11. The predicted octanol–water partition coefficient (Wildman–Crippen LogP) is 1.25. The summed E-state index contributed by atoms with van der Waals surface area (Å²) in [5.41, 5.74) is 0.903. The molecule has 0 unspecified atom stereocenters. The van der Waals surface area contributed by atoms with Crippen LogP contribution in [0.15, 0.2) is 12.5 Å². The quantitative estimate of drug-likeness (QED) is 0.835. The fourth-order valence-corrected chi connectivity index (χ4v) is 2.87. The molecule has 94 valence electrons. The zero-order valence-corrected chi connectivity index (χ0v) is 10.5. The number of hydrogen-bond acceptors (Lipinski definition) is 3. The van der Waals surface area contributed by atoms with Crippen molar-refractivity contribution in [2.24, 2.45) is 5.92 Å². The van der Waals surface area contributed by atoms with Crippen LogP contribution >= 0.6 is 0 Å². The van der Waals surface area contributed by atoms with E-state index in [1.165, 1.54) is 18.5 Å². The number of nitrogens with zero attached hydrogens (tertiary/aromatic N) is 3. The molecule has 1 saturated heterocycles. The normalized spacial score (nSPS) is 23.6. The van der Waals surface area contributed by atoms with Crippen LogP contribution in [-0.4, -0.2) is 38.2 Å². The summed E-state index contributed by atoms with van der Waals surface area (Å²) in [6.07, 6.45) is 7.43. The van der Waals surface area contributed by atoms with Crippen LogP contribution in [0, 0.1) is 5.92 Å². The highest BCUT2D eigenvalue weighted by Gasteiger charge is 2.51. The van der Waals surface area contributed by atoms with Crippen LogP contribution in [0.1, 0.15) is 31.9 Å². The molecule has 0 aromatic carbocycles. The average molecular weight is 235 g/mol. The van der Waals surface area contributed by atoms with Gasteiger partial charge in [-0.3, -0.25) is 4.90 Å². The van der Waals surface area contributed by atoms with Crippen molar-refractivity contribution >= 4 is 0 Å². The van der Waals surface area contributed by atoms with E-state index in [0.717, 1.165) is 32.6 Å². The first-order valence-corrected chi connectivity index (χ1v) is 6.65. The van der Waals surface area contributed by atoms with Gasteiger partial charge in [0.2, 0.25) is 0 Å². The van der Waals surface area contributed by atoms with Gasteiger partial charge in [0.25, 0.3) is 0 Å². The van der Waals surface area contributed by atoms with E-state index in [4.69, 9.17) is 0 Å². The van der Waals surface area contributed by atoms with Gasteiger partial charge in [0.05, 0.1) is 17.6 Å². The molecule has 0 atom stereocenters. The van der Waals surface area contributed by atoms with Crippen molar-refractivity contribution < 1.29 is 5.11 Å². The molecular weight excluding hydrogens is 214 g/mol. The van der Waals surface area contributed by atoms with Crippen molar-refractivity contribution in [2.45, 2.75) is 44.9 Å². The Kier molecular flexibility index (Phi) is 2.71. The van der Waals surface area contributed by atoms with Crippen molar-refractivity contribution in [3.05, 3.63) is 18.2 Å². The molecule has 0 spiro atoms. The van der Waals surface area contributed by atoms with Crippen LogP contribution < -0.4 is 0 Å². The Morgan fingerprint density at radius 3 is 2.88 bits per heavy atom. The van der Waals surface area contributed by atoms with E-state index in [1.54, 1.807) is 0 Å². The summed E-state index contributed by atoms with van der Waals surface area (Å²) in [5.74, 6) is 0.583. The van der Waals surface area contributed by atoms with Crippen LogP contribution in [-0.2, 0) is 13.1 Å². The largest absolute Gasteiger partial charge is 0.387 e. The Morgan fingerprint density at radius 2 is 2.24 bits per heavy atom. The summed E-state index contributed by atoms with van der Waals surface area (Å²) in [7, 11) is 0. The molecule has 0 amide bonds. The van der Waals surface area contributed by atoms with Gasteiger partial charge in [-0.05, 0) is 25.2 Å². The summed E-state index contributed by atoms with van der Waals surface area (Å²) in [4.78, 5) is 6.53. The number of imidazole rings is 1. The lowest BCUT2D eigenvalue weighted by Crippen LogP contribution is -2.62. The lowest BCUT2D eigenvalue weighted by molar-refractivity contribution is -0.117. The summed E-state index contributed by atoms with van der Waals surface area (Å²) >= 11 is 0. The Hall–Kier alpha value is -0.870. The van der Waals surface area contributed by atoms with Crippen LogP contribution in [0.2, 0.25) is 0 Å². The highest BCUT2D eigenvalue weighted by molar-refractivity contribution is 5.08. The number of likely N-dealkylation sites (tertiary alicyclic amines) is 1. The number of β-amino-alcohol motifs (C(OH)–C–C–N with tert-alkyl or cyclic N) is 1. The van der Waals surface area contributed by atoms with E-state index in [1.807, 2.05) is 12.5 Å². The molecule has 1 saturated carbocycles. The highest BCUT2D eigenvalue weighted by Crippen LogP contribution is 2.44. The molecule has 2 aliphatic rings. The highest BCUT2D eigenvalue weighted by atomic mass is 16.3. The van der Waals surface area contributed by atoms with Crippen molar-refractivity contribution in [1.82, 2.24) is 14.5 Å². The minimum Gasteiger partial charge on any atom is -0.387 e. The Labute approximate surface area is 102 Å². The standard InChI is InChI=1S/C13H21N3O/c1-2-5-16-10-14-6-12(16)7-15-8-13(17,9-15)11-3-4-11/h6,10-11,17H,2-5,7-9H2,1H3. The molecule has 17 heavy (non-hydrogen) atoms. The molecule has 1 aliphatic heterocycles. The minimum absolute atomic E-state index is 0.365. The molecule has 1 aromatic rings. The van der Waals surface area contributed by atoms with Gasteiger partial charge >= 0.3 is 0 Å². The maximum Gasteiger partial charge on any atom is 0.0948 e. The number of hydrogen-bond donors (Lipinski definition) is 1. The molecule has 4 heteroatoms. The van der Waals surface area contributed by atoms with Crippen molar-refractivity contribution in [3.8, 4) is 0 Å². The molecule has 1 aromatic heterocycles. The molecule has 0 bridgehead atoms. The van der Waals surface area contributed by atoms with Gasteiger partial charge in [0.15, 0.2) is 0 Å². The molecule has 0 radical (unpaired) electrons. The maximum atomic E-state index is 10.3. The molecule has 3 rings (SSSR count). The summed E-state index contributed by atoms with van der Waals surface area (Å²) in [6.45, 7) is 5.83. The van der Waals surface area contributed by atoms with Crippen LogP contribution in [0.25, 0.3) is 0 Å². The van der Waals surface area contributed by atoms with Gasteiger partial charge in [-0.2, -0.15) is 0 Å². The summed E-state index contributed by atoms with van der Waals surface area (Å²) < 4.78 is 2.22. The Bertz CT molecular complexity index is 391. The monoisotopic (exact) mass is 235 g/mol. The van der Waals surface area contributed by atoms with Crippen LogP contribution in [0.4, 0.5) is 0 Å². The van der Waals surface area contributed by atoms with Crippen molar-refractivity contribution in [1.29, 1.82) is 0 Å². The first kappa shape index (κ1) is 11.2. The summed E-state index contributed by atoms with van der Waals surface area (Å²) in [6, 6.07) is 0. The minimum atomic E-state index is -0.365.